The van der Waals surface area contributed by atoms with Crippen LogP contribution in [0.5, 0.6) is 0 Å². The monoisotopic (exact) mass is 318 g/mol. The van der Waals surface area contributed by atoms with E-state index in [1.54, 1.807) is 30.3 Å². The standard InChI is InChI=1S/C17H19FN2O3/c1-12(10-17(21)13-6-8-15(18)9-7-13)19-11-14-4-2-3-5-16(14)20(22)23/h2-9,12,17,19,21H,10-11H2,1H3. The highest BCUT2D eigenvalue weighted by molar-refractivity contribution is 5.39. The Hall–Kier alpha value is -2.31. The fraction of sp³-hybridized carbons (Fsp3) is 0.294. The minimum absolute atomic E-state index is 0.0603. The molecule has 2 aromatic carbocycles. The lowest BCUT2D eigenvalue weighted by atomic mass is 10.0. The second-order valence-corrected chi connectivity index (χ2v) is 5.47. The number of hydrogen-bond acceptors (Lipinski definition) is 4. The molecule has 2 aromatic rings. The lowest BCUT2D eigenvalue weighted by Crippen LogP contribution is -2.27. The summed E-state index contributed by atoms with van der Waals surface area (Å²) in [5, 5.41) is 24.3. The Bertz CT molecular complexity index is 661. The number of halogens is 1. The van der Waals surface area contributed by atoms with E-state index in [9.17, 15) is 19.6 Å². The zero-order chi connectivity index (χ0) is 16.8. The molecule has 122 valence electrons. The predicted octanol–water partition coefficient (Wildman–Crippen LogP) is 3.34. The van der Waals surface area contributed by atoms with Crippen LogP contribution in [0.2, 0.25) is 0 Å². The molecule has 5 nitrogen and oxygen atoms in total. The van der Waals surface area contributed by atoms with Gasteiger partial charge in [-0.05, 0) is 31.0 Å². The van der Waals surface area contributed by atoms with E-state index in [1.807, 2.05) is 6.92 Å². The number of aliphatic hydroxyl groups is 1. The first-order valence-electron chi connectivity index (χ1n) is 7.36. The maximum atomic E-state index is 12.9. The molecule has 0 heterocycles. The van der Waals surface area contributed by atoms with E-state index in [0.29, 0.717) is 24.1 Å². The molecule has 0 saturated heterocycles. The number of hydrogen-bond donors (Lipinski definition) is 2. The molecule has 2 N–H and O–H groups in total. The van der Waals surface area contributed by atoms with Gasteiger partial charge in [-0.15, -0.1) is 0 Å². The Morgan fingerprint density at radius 3 is 2.52 bits per heavy atom. The molecule has 2 unspecified atom stereocenters. The molecular weight excluding hydrogens is 299 g/mol. The van der Waals surface area contributed by atoms with Gasteiger partial charge >= 0.3 is 0 Å². The van der Waals surface area contributed by atoms with E-state index in [4.69, 9.17) is 0 Å². The van der Waals surface area contributed by atoms with Gasteiger partial charge < -0.3 is 10.4 Å². The summed E-state index contributed by atoms with van der Waals surface area (Å²) in [6.07, 6.45) is -0.296. The second-order valence-electron chi connectivity index (χ2n) is 5.47. The Morgan fingerprint density at radius 2 is 1.87 bits per heavy atom. The molecule has 0 radical (unpaired) electrons. The van der Waals surface area contributed by atoms with Crippen LogP contribution >= 0.6 is 0 Å². The Balaban J connectivity index is 1.91. The second kappa shape index (κ2) is 7.80. The molecule has 0 fully saturated rings. The zero-order valence-corrected chi connectivity index (χ0v) is 12.8. The number of nitro groups is 1. The third kappa shape index (κ3) is 4.84. The van der Waals surface area contributed by atoms with Crippen LogP contribution in [-0.4, -0.2) is 16.1 Å². The van der Waals surface area contributed by atoms with Gasteiger partial charge in [-0.2, -0.15) is 0 Å². The van der Waals surface area contributed by atoms with Crippen LogP contribution in [0, 0.1) is 15.9 Å². The molecule has 0 aromatic heterocycles. The average Bonchev–Trinajstić information content (AvgIpc) is 2.53. The van der Waals surface area contributed by atoms with Crippen LogP contribution in [0.1, 0.15) is 30.6 Å². The number of benzene rings is 2. The van der Waals surface area contributed by atoms with Crippen LogP contribution < -0.4 is 5.32 Å². The topological polar surface area (TPSA) is 75.4 Å². The third-order valence-electron chi connectivity index (χ3n) is 3.66. The minimum Gasteiger partial charge on any atom is -0.388 e. The van der Waals surface area contributed by atoms with Crippen molar-refractivity contribution in [3.8, 4) is 0 Å². The lowest BCUT2D eigenvalue weighted by Gasteiger charge is -2.18. The van der Waals surface area contributed by atoms with Crippen molar-refractivity contribution >= 4 is 5.69 Å². The molecule has 2 rings (SSSR count). The van der Waals surface area contributed by atoms with E-state index < -0.39 is 11.0 Å². The molecular formula is C17H19FN2O3. The van der Waals surface area contributed by atoms with Gasteiger partial charge in [0.1, 0.15) is 5.82 Å². The smallest absolute Gasteiger partial charge is 0.273 e. The van der Waals surface area contributed by atoms with Crippen LogP contribution in [-0.2, 0) is 6.54 Å². The Morgan fingerprint density at radius 1 is 1.22 bits per heavy atom. The van der Waals surface area contributed by atoms with E-state index in [0.717, 1.165) is 0 Å². The molecule has 0 bridgehead atoms. The molecule has 0 saturated carbocycles. The maximum Gasteiger partial charge on any atom is 0.273 e. The molecule has 0 amide bonds. The van der Waals surface area contributed by atoms with Gasteiger partial charge in [0.05, 0.1) is 11.0 Å². The summed E-state index contributed by atoms with van der Waals surface area (Å²) in [4.78, 5) is 10.6. The quantitative estimate of drug-likeness (QED) is 0.606. The average molecular weight is 318 g/mol. The Kier molecular flexibility index (Phi) is 5.78. The first-order valence-corrected chi connectivity index (χ1v) is 7.36. The molecule has 0 aliphatic carbocycles. The van der Waals surface area contributed by atoms with Crippen molar-refractivity contribution in [2.45, 2.75) is 32.0 Å². The summed E-state index contributed by atoms with van der Waals surface area (Å²) in [6, 6.07) is 12.2. The van der Waals surface area contributed by atoms with Crippen LogP contribution in [0.25, 0.3) is 0 Å². The lowest BCUT2D eigenvalue weighted by molar-refractivity contribution is -0.385. The number of nitro benzene ring substituents is 1. The normalized spacial score (nSPS) is 13.5. The van der Waals surface area contributed by atoms with Gasteiger partial charge in [-0.1, -0.05) is 30.3 Å². The molecule has 2 atom stereocenters. The van der Waals surface area contributed by atoms with Crippen molar-refractivity contribution in [3.63, 3.8) is 0 Å². The summed E-state index contributed by atoms with van der Waals surface area (Å²) in [7, 11) is 0. The highest BCUT2D eigenvalue weighted by Gasteiger charge is 2.15. The number of rotatable bonds is 7. The number of aliphatic hydroxyl groups excluding tert-OH is 1. The third-order valence-corrected chi connectivity index (χ3v) is 3.66. The fourth-order valence-corrected chi connectivity index (χ4v) is 2.36. The van der Waals surface area contributed by atoms with Crippen molar-refractivity contribution in [2.75, 3.05) is 0 Å². The first kappa shape index (κ1) is 17.1. The summed E-state index contributed by atoms with van der Waals surface area (Å²) in [5.41, 5.74) is 1.32. The minimum atomic E-state index is -0.719. The van der Waals surface area contributed by atoms with Crippen LogP contribution in [0.4, 0.5) is 10.1 Å². The number of para-hydroxylation sites is 1. The summed E-state index contributed by atoms with van der Waals surface area (Å²) in [5.74, 6) is -0.344. The first-order chi connectivity index (χ1) is 11.0. The van der Waals surface area contributed by atoms with E-state index in [-0.39, 0.29) is 17.5 Å². The van der Waals surface area contributed by atoms with Gasteiger partial charge in [0.25, 0.3) is 5.69 Å². The van der Waals surface area contributed by atoms with E-state index in [2.05, 4.69) is 5.32 Å². The van der Waals surface area contributed by atoms with Crippen LogP contribution in [0.3, 0.4) is 0 Å². The molecule has 0 aliphatic rings. The van der Waals surface area contributed by atoms with E-state index >= 15 is 0 Å². The maximum absolute atomic E-state index is 12.9. The molecule has 6 heteroatoms. The SMILES string of the molecule is CC(CC(O)c1ccc(F)cc1)NCc1ccccc1[N+](=O)[O-]. The Labute approximate surface area is 133 Å². The van der Waals surface area contributed by atoms with Gasteiger partial charge in [-0.3, -0.25) is 10.1 Å². The zero-order valence-electron chi connectivity index (χ0n) is 12.8. The van der Waals surface area contributed by atoms with Crippen molar-refractivity contribution in [1.82, 2.24) is 5.32 Å². The van der Waals surface area contributed by atoms with Gasteiger partial charge in [0.15, 0.2) is 0 Å². The summed E-state index contributed by atoms with van der Waals surface area (Å²) >= 11 is 0. The van der Waals surface area contributed by atoms with Gasteiger partial charge in [-0.25, -0.2) is 4.39 Å². The molecule has 23 heavy (non-hydrogen) atoms. The van der Waals surface area contributed by atoms with Crippen molar-refractivity contribution < 1.29 is 14.4 Å². The summed E-state index contributed by atoms with van der Waals surface area (Å²) < 4.78 is 12.9. The number of nitrogens with zero attached hydrogens (tertiary/aromatic N) is 1. The highest BCUT2D eigenvalue weighted by Crippen LogP contribution is 2.20. The van der Waals surface area contributed by atoms with Crippen molar-refractivity contribution in [1.29, 1.82) is 0 Å². The van der Waals surface area contributed by atoms with Gasteiger partial charge in [0.2, 0.25) is 0 Å². The van der Waals surface area contributed by atoms with Crippen molar-refractivity contribution in [3.05, 3.63) is 75.6 Å². The summed E-state index contributed by atoms with van der Waals surface area (Å²) in [6.45, 7) is 2.23. The van der Waals surface area contributed by atoms with Crippen molar-refractivity contribution in [2.24, 2.45) is 0 Å². The fourth-order valence-electron chi connectivity index (χ4n) is 2.36. The molecule has 0 spiro atoms. The largest absolute Gasteiger partial charge is 0.388 e. The van der Waals surface area contributed by atoms with Gasteiger partial charge in [0, 0.05) is 24.2 Å². The van der Waals surface area contributed by atoms with Crippen LogP contribution in [0.15, 0.2) is 48.5 Å². The van der Waals surface area contributed by atoms with E-state index in [1.165, 1.54) is 18.2 Å². The predicted molar refractivity (Wildman–Crippen MR) is 85.4 cm³/mol. The molecule has 0 aliphatic heterocycles. The number of nitrogens with one attached hydrogen (secondary N) is 1. The highest BCUT2D eigenvalue weighted by atomic mass is 19.1.